The van der Waals surface area contributed by atoms with Gasteiger partial charge in [-0.25, -0.2) is 22.6 Å². The average Bonchev–Trinajstić information content (AvgIpc) is 2.65. The number of benzene rings is 2. The zero-order valence-electron chi connectivity index (χ0n) is 14.8. The number of nitrogens with zero attached hydrogens (tertiary/aromatic N) is 2. The van der Waals surface area contributed by atoms with E-state index in [-0.39, 0.29) is 16.0 Å². The molecule has 0 spiro atoms. The lowest BCUT2D eigenvalue weighted by molar-refractivity contribution is 0.0955. The number of carbonyl (C=O) groups is 1. The maximum absolute atomic E-state index is 13.1. The molecule has 0 saturated heterocycles. The Morgan fingerprint density at radius 1 is 1.11 bits per heavy atom. The fraction of sp³-hybridized carbons (Fsp3) is 0.222. The largest absolute Gasteiger partial charge is 0.271 e. The molecule has 2 rings (SSSR count). The van der Waals surface area contributed by atoms with Crippen LogP contribution < -0.4 is 5.43 Å². The second-order valence-electron chi connectivity index (χ2n) is 5.49. The van der Waals surface area contributed by atoms with Crippen molar-refractivity contribution in [3.05, 3.63) is 65.2 Å². The van der Waals surface area contributed by atoms with Gasteiger partial charge in [-0.05, 0) is 35.9 Å². The van der Waals surface area contributed by atoms with Crippen molar-refractivity contribution in [3.8, 4) is 0 Å². The first-order chi connectivity index (χ1) is 12.8. The Balaban J connectivity index is 2.15. The summed E-state index contributed by atoms with van der Waals surface area (Å²) >= 11 is 0. The van der Waals surface area contributed by atoms with Crippen molar-refractivity contribution >= 4 is 22.1 Å². The smallest absolute Gasteiger partial charge is 0.267 e. The van der Waals surface area contributed by atoms with Crippen molar-refractivity contribution in [2.24, 2.45) is 5.10 Å². The zero-order valence-corrected chi connectivity index (χ0v) is 15.6. The van der Waals surface area contributed by atoms with Gasteiger partial charge in [0.15, 0.2) is 11.6 Å². The molecule has 0 unspecified atom stereocenters. The van der Waals surface area contributed by atoms with Crippen LogP contribution in [0.3, 0.4) is 0 Å². The summed E-state index contributed by atoms with van der Waals surface area (Å²) in [4.78, 5) is 12.2. The van der Waals surface area contributed by atoms with Gasteiger partial charge in [-0.1, -0.05) is 26.0 Å². The molecular formula is C18H19F2N3O3S. The highest BCUT2D eigenvalue weighted by Crippen LogP contribution is 2.17. The molecule has 6 nitrogen and oxygen atoms in total. The summed E-state index contributed by atoms with van der Waals surface area (Å²) in [5.74, 6) is -2.65. The maximum Gasteiger partial charge on any atom is 0.271 e. The zero-order chi connectivity index (χ0) is 20.0. The van der Waals surface area contributed by atoms with Crippen molar-refractivity contribution in [2.45, 2.75) is 18.7 Å². The van der Waals surface area contributed by atoms with Crippen molar-refractivity contribution < 1.29 is 22.0 Å². The molecule has 0 aliphatic rings. The fourth-order valence-corrected chi connectivity index (χ4v) is 3.84. The van der Waals surface area contributed by atoms with E-state index < -0.39 is 27.6 Å². The minimum Gasteiger partial charge on any atom is -0.267 e. The molecule has 0 aromatic heterocycles. The summed E-state index contributed by atoms with van der Waals surface area (Å²) < 4.78 is 52.3. The van der Waals surface area contributed by atoms with Crippen LogP contribution in [0.5, 0.6) is 0 Å². The third-order valence-electron chi connectivity index (χ3n) is 3.76. The van der Waals surface area contributed by atoms with Crippen molar-refractivity contribution in [3.63, 3.8) is 0 Å². The first-order valence-corrected chi connectivity index (χ1v) is 9.62. The molecule has 0 aliphatic heterocycles. The normalized spacial score (nSPS) is 11.9. The van der Waals surface area contributed by atoms with Gasteiger partial charge >= 0.3 is 0 Å². The van der Waals surface area contributed by atoms with Crippen LogP contribution in [0, 0.1) is 11.6 Å². The SMILES string of the molecule is CCN(CC)S(=O)(=O)c1cccc(C(=O)NN=Cc2ccc(F)c(F)c2)c1. The number of hydrazone groups is 1. The van der Waals surface area contributed by atoms with Crippen LogP contribution in [0.2, 0.25) is 0 Å². The summed E-state index contributed by atoms with van der Waals surface area (Å²) in [6, 6.07) is 8.76. The van der Waals surface area contributed by atoms with Gasteiger partial charge in [0.1, 0.15) is 0 Å². The van der Waals surface area contributed by atoms with E-state index in [0.717, 1.165) is 18.3 Å². The predicted octanol–water partition coefficient (Wildman–Crippen LogP) is 2.76. The van der Waals surface area contributed by atoms with E-state index in [1.165, 1.54) is 34.6 Å². The Labute approximate surface area is 156 Å². The van der Waals surface area contributed by atoms with Crippen LogP contribution >= 0.6 is 0 Å². The molecule has 2 aromatic carbocycles. The van der Waals surface area contributed by atoms with Crippen molar-refractivity contribution in [1.82, 2.24) is 9.73 Å². The van der Waals surface area contributed by atoms with Gasteiger partial charge in [-0.15, -0.1) is 0 Å². The Hall–Kier alpha value is -2.65. The Morgan fingerprint density at radius 2 is 1.81 bits per heavy atom. The van der Waals surface area contributed by atoms with Crippen molar-refractivity contribution in [2.75, 3.05) is 13.1 Å². The molecule has 0 bridgehead atoms. The summed E-state index contributed by atoms with van der Waals surface area (Å²) in [6.07, 6.45) is 1.15. The van der Waals surface area contributed by atoms with E-state index in [0.29, 0.717) is 13.1 Å². The molecule has 2 aromatic rings. The van der Waals surface area contributed by atoms with E-state index in [1.54, 1.807) is 13.8 Å². The second-order valence-corrected chi connectivity index (χ2v) is 7.43. The number of carbonyl (C=O) groups excluding carboxylic acids is 1. The third-order valence-corrected chi connectivity index (χ3v) is 5.81. The number of amides is 1. The number of hydrogen-bond donors (Lipinski definition) is 1. The van der Waals surface area contributed by atoms with Crippen LogP contribution in [0.4, 0.5) is 8.78 Å². The lowest BCUT2D eigenvalue weighted by Crippen LogP contribution is -2.30. The highest BCUT2D eigenvalue weighted by Gasteiger charge is 2.22. The van der Waals surface area contributed by atoms with E-state index in [9.17, 15) is 22.0 Å². The second kappa shape index (κ2) is 8.83. The standard InChI is InChI=1S/C18H19F2N3O3S/c1-3-23(4-2)27(25,26)15-7-5-6-14(11-15)18(24)22-21-12-13-8-9-16(19)17(20)10-13/h5-12H,3-4H2,1-2H3,(H,22,24). The molecular weight excluding hydrogens is 376 g/mol. The van der Waals surface area contributed by atoms with Crippen LogP contribution in [-0.4, -0.2) is 37.9 Å². The third kappa shape index (κ3) is 4.95. The summed E-state index contributed by atoms with van der Waals surface area (Å²) in [7, 11) is -3.69. The average molecular weight is 395 g/mol. The van der Waals surface area contributed by atoms with Crippen LogP contribution in [-0.2, 0) is 10.0 Å². The molecule has 1 N–H and O–H groups in total. The summed E-state index contributed by atoms with van der Waals surface area (Å²) in [6.45, 7) is 4.08. The van der Waals surface area contributed by atoms with Crippen molar-refractivity contribution in [1.29, 1.82) is 0 Å². The Kier molecular flexibility index (Phi) is 6.75. The molecule has 9 heteroatoms. The maximum atomic E-state index is 13.1. The number of rotatable bonds is 7. The molecule has 0 fully saturated rings. The lowest BCUT2D eigenvalue weighted by atomic mass is 10.2. The molecule has 144 valence electrons. The van der Waals surface area contributed by atoms with Gasteiger partial charge in [0.05, 0.1) is 11.1 Å². The minimum atomic E-state index is -3.69. The van der Waals surface area contributed by atoms with Gasteiger partial charge in [0, 0.05) is 18.7 Å². The first kappa shape index (κ1) is 20.7. The summed E-state index contributed by atoms with van der Waals surface area (Å²) in [5, 5.41) is 3.67. The monoisotopic (exact) mass is 395 g/mol. The van der Waals surface area contributed by atoms with Gasteiger partial charge in [-0.2, -0.15) is 9.41 Å². The van der Waals surface area contributed by atoms with E-state index >= 15 is 0 Å². The topological polar surface area (TPSA) is 78.8 Å². The predicted molar refractivity (Wildman–Crippen MR) is 98.0 cm³/mol. The molecule has 0 heterocycles. The van der Waals surface area contributed by atoms with Gasteiger partial charge in [-0.3, -0.25) is 4.79 Å². The Bertz CT molecular complexity index is 958. The number of nitrogens with one attached hydrogen (secondary N) is 1. The quantitative estimate of drug-likeness (QED) is 0.578. The van der Waals surface area contributed by atoms with E-state index in [1.807, 2.05) is 0 Å². The molecule has 0 atom stereocenters. The number of hydrogen-bond acceptors (Lipinski definition) is 4. The van der Waals surface area contributed by atoms with E-state index in [2.05, 4.69) is 10.5 Å². The van der Waals surface area contributed by atoms with Crippen LogP contribution in [0.1, 0.15) is 29.8 Å². The molecule has 0 radical (unpaired) electrons. The van der Waals surface area contributed by atoms with Crippen LogP contribution in [0.25, 0.3) is 0 Å². The number of halogens is 2. The van der Waals surface area contributed by atoms with Gasteiger partial charge < -0.3 is 0 Å². The molecule has 1 amide bonds. The summed E-state index contributed by atoms with van der Waals surface area (Å²) in [5.41, 5.74) is 2.58. The van der Waals surface area contributed by atoms with Gasteiger partial charge in [0.2, 0.25) is 10.0 Å². The Morgan fingerprint density at radius 3 is 2.44 bits per heavy atom. The van der Waals surface area contributed by atoms with E-state index in [4.69, 9.17) is 0 Å². The minimum absolute atomic E-state index is 0.00318. The van der Waals surface area contributed by atoms with Crippen LogP contribution in [0.15, 0.2) is 52.5 Å². The highest BCUT2D eigenvalue weighted by atomic mass is 32.2. The number of sulfonamides is 1. The lowest BCUT2D eigenvalue weighted by Gasteiger charge is -2.18. The van der Waals surface area contributed by atoms with Gasteiger partial charge in [0.25, 0.3) is 5.91 Å². The first-order valence-electron chi connectivity index (χ1n) is 8.18. The fourth-order valence-electron chi connectivity index (χ4n) is 2.33. The molecule has 0 saturated carbocycles. The molecule has 27 heavy (non-hydrogen) atoms. The molecule has 0 aliphatic carbocycles. The highest BCUT2D eigenvalue weighted by molar-refractivity contribution is 7.89.